The molecule has 30 heavy (non-hydrogen) atoms. The fraction of sp³-hybridized carbons (Fsp3) is 0.227. The molecular weight excluding hydrogens is 404 g/mol. The van der Waals surface area contributed by atoms with Crippen LogP contribution < -0.4 is 11.5 Å². The molecule has 8 heteroatoms. The van der Waals surface area contributed by atoms with Crippen molar-refractivity contribution in [3.63, 3.8) is 0 Å². The summed E-state index contributed by atoms with van der Waals surface area (Å²) in [7, 11) is -4.23. The fourth-order valence-electron chi connectivity index (χ4n) is 3.57. The molecule has 0 aliphatic heterocycles. The van der Waals surface area contributed by atoms with E-state index in [4.69, 9.17) is 16.6 Å². The van der Waals surface area contributed by atoms with Crippen molar-refractivity contribution in [3.8, 4) is 0 Å². The number of carboxylic acid groups (broad SMARTS) is 1. The Morgan fingerprint density at radius 2 is 1.47 bits per heavy atom. The van der Waals surface area contributed by atoms with Crippen LogP contribution in [0.5, 0.6) is 0 Å². The van der Waals surface area contributed by atoms with Gasteiger partial charge in [-0.25, -0.2) is 0 Å². The Morgan fingerprint density at radius 3 is 2.03 bits per heavy atom. The number of benzene rings is 4. The number of carboxylic acids is 1. The molecule has 4 aromatic carbocycles. The van der Waals surface area contributed by atoms with Gasteiger partial charge in [0.05, 0.1) is 0 Å². The average molecular weight is 429 g/mol. The van der Waals surface area contributed by atoms with E-state index in [0.29, 0.717) is 18.4 Å². The van der Waals surface area contributed by atoms with Gasteiger partial charge in [0.25, 0.3) is 10.1 Å². The van der Waals surface area contributed by atoms with E-state index < -0.39 is 22.1 Å². The van der Waals surface area contributed by atoms with Crippen LogP contribution in [-0.4, -0.2) is 36.6 Å². The van der Waals surface area contributed by atoms with Gasteiger partial charge in [-0.1, -0.05) is 55.0 Å². The van der Waals surface area contributed by atoms with Gasteiger partial charge in [0.15, 0.2) is 0 Å². The van der Waals surface area contributed by atoms with Gasteiger partial charge in [-0.2, -0.15) is 8.42 Å². The smallest absolute Gasteiger partial charge is 0.320 e. The molecule has 0 spiro atoms. The number of hydrogen-bond acceptors (Lipinski definition) is 5. The van der Waals surface area contributed by atoms with Crippen molar-refractivity contribution in [3.05, 3.63) is 54.6 Å². The van der Waals surface area contributed by atoms with E-state index in [0.717, 1.165) is 39.8 Å². The SMILES string of the molecule is NCCCCC(N)C(=O)O.O=S(=O)(O)c1ccc2ccc3cccc4ccc1c2c34. The third-order valence-electron chi connectivity index (χ3n) is 5.05. The van der Waals surface area contributed by atoms with Gasteiger partial charge in [-0.05, 0) is 52.4 Å². The molecule has 1 unspecified atom stereocenters. The Morgan fingerprint density at radius 1 is 0.900 bits per heavy atom. The highest BCUT2D eigenvalue weighted by Crippen LogP contribution is 2.36. The summed E-state index contributed by atoms with van der Waals surface area (Å²) < 4.78 is 32.5. The molecule has 0 aliphatic rings. The van der Waals surface area contributed by atoms with Crippen LogP contribution in [-0.2, 0) is 14.9 Å². The second kappa shape index (κ2) is 8.93. The van der Waals surface area contributed by atoms with Crippen LogP contribution in [0.2, 0.25) is 0 Å². The molecule has 0 radical (unpaired) electrons. The molecule has 0 bridgehead atoms. The zero-order chi connectivity index (χ0) is 21.9. The minimum absolute atomic E-state index is 0.0387. The van der Waals surface area contributed by atoms with Gasteiger partial charge >= 0.3 is 5.97 Å². The highest BCUT2D eigenvalue weighted by Gasteiger charge is 2.17. The lowest BCUT2D eigenvalue weighted by Gasteiger charge is -2.12. The van der Waals surface area contributed by atoms with Crippen LogP contribution in [0.25, 0.3) is 32.3 Å². The minimum Gasteiger partial charge on any atom is -0.480 e. The second-order valence-electron chi connectivity index (χ2n) is 7.12. The third kappa shape index (κ3) is 4.52. The van der Waals surface area contributed by atoms with Crippen LogP contribution in [0, 0.1) is 0 Å². The van der Waals surface area contributed by atoms with E-state index in [1.807, 2.05) is 36.4 Å². The summed E-state index contributed by atoms with van der Waals surface area (Å²) >= 11 is 0. The first-order valence-corrected chi connectivity index (χ1v) is 11.0. The van der Waals surface area contributed by atoms with Crippen LogP contribution in [0.3, 0.4) is 0 Å². The number of rotatable bonds is 6. The Hall–Kier alpha value is -2.78. The maximum Gasteiger partial charge on any atom is 0.320 e. The second-order valence-corrected chi connectivity index (χ2v) is 8.51. The predicted octanol–water partition coefficient (Wildman–Crippen LogP) is 3.36. The van der Waals surface area contributed by atoms with Gasteiger partial charge in [-0.15, -0.1) is 0 Å². The predicted molar refractivity (Wildman–Crippen MR) is 118 cm³/mol. The molecule has 0 fully saturated rings. The largest absolute Gasteiger partial charge is 0.480 e. The minimum atomic E-state index is -4.23. The van der Waals surface area contributed by atoms with E-state index in [1.54, 1.807) is 12.1 Å². The summed E-state index contributed by atoms with van der Waals surface area (Å²) in [6.07, 6.45) is 2.16. The van der Waals surface area contributed by atoms with E-state index in [-0.39, 0.29) is 4.90 Å². The molecule has 0 heterocycles. The van der Waals surface area contributed by atoms with Gasteiger partial charge < -0.3 is 16.6 Å². The van der Waals surface area contributed by atoms with Crippen molar-refractivity contribution in [2.24, 2.45) is 11.5 Å². The van der Waals surface area contributed by atoms with Gasteiger partial charge in [0.2, 0.25) is 0 Å². The number of carbonyl (C=O) groups is 1. The van der Waals surface area contributed by atoms with Crippen LogP contribution in [0.1, 0.15) is 19.3 Å². The summed E-state index contributed by atoms with van der Waals surface area (Å²) in [5.74, 6) is -0.933. The van der Waals surface area contributed by atoms with E-state index >= 15 is 0 Å². The van der Waals surface area contributed by atoms with Gasteiger partial charge in [0, 0.05) is 5.39 Å². The molecule has 4 rings (SSSR count). The van der Waals surface area contributed by atoms with Gasteiger partial charge in [-0.3, -0.25) is 9.35 Å². The molecule has 158 valence electrons. The standard InChI is InChI=1S/C16H10O3S.C6H14N2O2/c17-20(18,19)14-9-7-12-5-4-10-2-1-3-11-6-8-13(14)16(12)15(10)11;7-4-2-1-3-5(8)6(9)10/h1-9H,(H,17,18,19);5H,1-4,7-8H2,(H,9,10). The Bertz CT molecular complexity index is 1270. The van der Waals surface area contributed by atoms with Crippen LogP contribution in [0.4, 0.5) is 0 Å². The zero-order valence-corrected chi connectivity index (χ0v) is 17.1. The summed E-state index contributed by atoms with van der Waals surface area (Å²) in [6.45, 7) is 0.604. The molecule has 1 atom stereocenters. The zero-order valence-electron chi connectivity index (χ0n) is 16.3. The Balaban J connectivity index is 0.000000220. The van der Waals surface area contributed by atoms with Crippen LogP contribution >= 0.6 is 0 Å². The summed E-state index contributed by atoms with van der Waals surface area (Å²) in [4.78, 5) is 10.1. The van der Waals surface area contributed by atoms with E-state index in [9.17, 15) is 17.8 Å². The van der Waals surface area contributed by atoms with Crippen LogP contribution in [0.15, 0.2) is 59.5 Å². The van der Waals surface area contributed by atoms with Crippen molar-refractivity contribution in [1.82, 2.24) is 0 Å². The topological polar surface area (TPSA) is 144 Å². The lowest BCUT2D eigenvalue weighted by molar-refractivity contribution is -0.138. The average Bonchev–Trinajstić information content (AvgIpc) is 2.71. The number of hydrogen-bond donors (Lipinski definition) is 4. The van der Waals surface area contributed by atoms with E-state index in [1.165, 1.54) is 6.07 Å². The molecule has 0 amide bonds. The molecule has 0 saturated heterocycles. The Kier molecular flexibility index (Phi) is 6.52. The lowest BCUT2D eigenvalue weighted by atomic mass is 9.94. The monoisotopic (exact) mass is 428 g/mol. The molecular formula is C22H24N2O5S. The fourth-order valence-corrected chi connectivity index (χ4v) is 4.25. The molecule has 0 saturated carbocycles. The molecule has 7 nitrogen and oxygen atoms in total. The third-order valence-corrected chi connectivity index (χ3v) is 5.96. The summed E-state index contributed by atoms with van der Waals surface area (Å²) in [6, 6.07) is 16.1. The van der Waals surface area contributed by atoms with Crippen molar-refractivity contribution >= 4 is 48.4 Å². The number of nitrogens with two attached hydrogens (primary N) is 2. The highest BCUT2D eigenvalue weighted by molar-refractivity contribution is 7.86. The first-order valence-electron chi connectivity index (χ1n) is 9.56. The van der Waals surface area contributed by atoms with Crippen molar-refractivity contribution in [1.29, 1.82) is 0 Å². The summed E-state index contributed by atoms with van der Waals surface area (Å²) in [5, 5.41) is 13.9. The molecule has 6 N–H and O–H groups in total. The molecule has 0 aliphatic carbocycles. The molecule has 4 aromatic rings. The normalized spacial score (nSPS) is 12.8. The summed E-state index contributed by atoms with van der Waals surface area (Å²) in [5.41, 5.74) is 10.4. The number of unbranched alkanes of at least 4 members (excludes halogenated alkanes) is 1. The van der Waals surface area contributed by atoms with Crippen molar-refractivity contribution in [2.75, 3.05) is 6.54 Å². The van der Waals surface area contributed by atoms with E-state index in [2.05, 4.69) is 0 Å². The molecule has 0 aromatic heterocycles. The Labute approximate surface area is 174 Å². The maximum atomic E-state index is 11.5. The lowest BCUT2D eigenvalue weighted by Crippen LogP contribution is -2.29. The van der Waals surface area contributed by atoms with Crippen molar-refractivity contribution in [2.45, 2.75) is 30.2 Å². The first-order chi connectivity index (χ1) is 14.2. The quantitative estimate of drug-likeness (QED) is 0.209. The first kappa shape index (κ1) is 21.9. The van der Waals surface area contributed by atoms with Gasteiger partial charge in [0.1, 0.15) is 10.9 Å². The maximum absolute atomic E-state index is 11.5. The highest BCUT2D eigenvalue weighted by atomic mass is 32.2. The number of aliphatic carboxylic acids is 1. The van der Waals surface area contributed by atoms with Crippen molar-refractivity contribution < 1.29 is 22.9 Å².